The van der Waals surface area contributed by atoms with Crippen LogP contribution in [0.2, 0.25) is 0 Å². The summed E-state index contributed by atoms with van der Waals surface area (Å²) in [6, 6.07) is 0. The Bertz CT molecular complexity index is 259. The summed E-state index contributed by atoms with van der Waals surface area (Å²) in [5, 5.41) is 10.1. The number of hydrogen-bond acceptors (Lipinski definition) is 2. The van der Waals surface area contributed by atoms with Crippen LogP contribution in [0, 0.1) is 5.92 Å². The van der Waals surface area contributed by atoms with Crippen LogP contribution in [0.4, 0.5) is 0 Å². The van der Waals surface area contributed by atoms with Crippen molar-refractivity contribution in [2.45, 2.75) is 57.2 Å². The quantitative estimate of drug-likeness (QED) is 0.558. The van der Waals surface area contributed by atoms with Gasteiger partial charge in [-0.05, 0) is 25.7 Å². The second kappa shape index (κ2) is 4.26. The molecular formula is C13H22O2. The molecule has 0 heterocycles. The van der Waals surface area contributed by atoms with E-state index in [0.717, 1.165) is 19.3 Å². The average Bonchev–Trinajstić information content (AvgIpc) is 2.71. The number of rotatable bonds is 5. The molecule has 0 amide bonds. The van der Waals surface area contributed by atoms with Crippen LogP contribution in [0.3, 0.4) is 0 Å². The first-order chi connectivity index (χ1) is 7.23. The Balaban J connectivity index is 2.00. The Hall–Kier alpha value is -0.340. The summed E-state index contributed by atoms with van der Waals surface area (Å²) in [6.07, 6.45) is 8.99. The van der Waals surface area contributed by atoms with E-state index in [0.29, 0.717) is 5.92 Å². The van der Waals surface area contributed by atoms with Crippen molar-refractivity contribution >= 4 is 0 Å². The fraction of sp³-hybridized carbons (Fsp3) is 0.846. The molecule has 15 heavy (non-hydrogen) atoms. The van der Waals surface area contributed by atoms with Gasteiger partial charge >= 0.3 is 0 Å². The summed E-state index contributed by atoms with van der Waals surface area (Å²) < 4.78 is 5.51. The van der Waals surface area contributed by atoms with Gasteiger partial charge in [0.05, 0.1) is 6.10 Å². The fourth-order valence-electron chi connectivity index (χ4n) is 3.11. The highest BCUT2D eigenvalue weighted by atomic mass is 16.5. The molecule has 1 saturated carbocycles. The van der Waals surface area contributed by atoms with Gasteiger partial charge in [-0.25, -0.2) is 0 Å². The summed E-state index contributed by atoms with van der Waals surface area (Å²) in [6.45, 7) is 2.22. The van der Waals surface area contributed by atoms with Crippen molar-refractivity contribution in [1.29, 1.82) is 0 Å². The number of aliphatic hydroxyl groups is 1. The lowest BCUT2D eigenvalue weighted by Gasteiger charge is -2.24. The van der Waals surface area contributed by atoms with Crippen LogP contribution in [0.5, 0.6) is 0 Å². The molecule has 0 radical (unpaired) electrons. The van der Waals surface area contributed by atoms with Crippen molar-refractivity contribution in [2.75, 3.05) is 7.11 Å². The minimum absolute atomic E-state index is 0.279. The maximum atomic E-state index is 10.1. The third kappa shape index (κ3) is 1.74. The lowest BCUT2D eigenvalue weighted by atomic mass is 9.93. The topological polar surface area (TPSA) is 29.5 Å². The number of methoxy groups -OCH3 is 1. The minimum atomic E-state index is -0.327. The SMILES string of the molecule is CCCCCC1=C[C@@]2(OC)CC[C@@H]1[C@@H]2O. The zero-order valence-electron chi connectivity index (χ0n) is 9.83. The molecule has 0 aromatic rings. The summed E-state index contributed by atoms with van der Waals surface area (Å²) in [5.74, 6) is 0.391. The van der Waals surface area contributed by atoms with E-state index >= 15 is 0 Å². The first-order valence-electron chi connectivity index (χ1n) is 6.18. The second-order valence-electron chi connectivity index (χ2n) is 4.93. The fourth-order valence-corrected chi connectivity index (χ4v) is 3.11. The molecule has 0 spiro atoms. The van der Waals surface area contributed by atoms with Gasteiger partial charge in [0.25, 0.3) is 0 Å². The number of unbranched alkanes of at least 4 members (excludes halogenated alkanes) is 2. The van der Waals surface area contributed by atoms with Crippen LogP contribution in [0.25, 0.3) is 0 Å². The molecule has 0 aromatic carbocycles. The molecule has 0 saturated heterocycles. The largest absolute Gasteiger partial charge is 0.389 e. The van der Waals surface area contributed by atoms with Gasteiger partial charge in [0, 0.05) is 13.0 Å². The van der Waals surface area contributed by atoms with Gasteiger partial charge in [-0.3, -0.25) is 0 Å². The summed E-state index contributed by atoms with van der Waals surface area (Å²) >= 11 is 0. The van der Waals surface area contributed by atoms with E-state index in [1.54, 1.807) is 7.11 Å². The van der Waals surface area contributed by atoms with Crippen LogP contribution in [0.15, 0.2) is 11.6 Å². The maximum absolute atomic E-state index is 10.1. The number of aliphatic hydroxyl groups excluding tert-OH is 1. The predicted molar refractivity (Wildman–Crippen MR) is 60.7 cm³/mol. The molecule has 2 nitrogen and oxygen atoms in total. The van der Waals surface area contributed by atoms with Crippen LogP contribution >= 0.6 is 0 Å². The molecule has 2 rings (SSSR count). The molecular weight excluding hydrogens is 188 g/mol. The first kappa shape index (κ1) is 11.2. The third-order valence-corrected chi connectivity index (χ3v) is 4.08. The van der Waals surface area contributed by atoms with Gasteiger partial charge in [-0.1, -0.05) is 31.4 Å². The van der Waals surface area contributed by atoms with E-state index in [2.05, 4.69) is 13.0 Å². The summed E-state index contributed by atoms with van der Waals surface area (Å²) in [7, 11) is 1.72. The molecule has 3 atom stereocenters. The Morgan fingerprint density at radius 3 is 2.93 bits per heavy atom. The Morgan fingerprint density at radius 1 is 1.53 bits per heavy atom. The van der Waals surface area contributed by atoms with Gasteiger partial charge in [0.1, 0.15) is 5.60 Å². The molecule has 86 valence electrons. The van der Waals surface area contributed by atoms with E-state index in [9.17, 15) is 5.11 Å². The smallest absolute Gasteiger partial charge is 0.112 e. The van der Waals surface area contributed by atoms with Gasteiger partial charge in [0.2, 0.25) is 0 Å². The van der Waals surface area contributed by atoms with Crippen molar-refractivity contribution < 1.29 is 9.84 Å². The van der Waals surface area contributed by atoms with E-state index < -0.39 is 0 Å². The van der Waals surface area contributed by atoms with Crippen molar-refractivity contribution in [3.8, 4) is 0 Å². The summed E-state index contributed by atoms with van der Waals surface area (Å²) in [5.41, 5.74) is 1.12. The van der Waals surface area contributed by atoms with Crippen molar-refractivity contribution in [2.24, 2.45) is 5.92 Å². The molecule has 2 bridgehead atoms. The highest BCUT2D eigenvalue weighted by Gasteiger charge is 2.52. The van der Waals surface area contributed by atoms with Crippen molar-refractivity contribution in [3.63, 3.8) is 0 Å². The van der Waals surface area contributed by atoms with Crippen molar-refractivity contribution in [1.82, 2.24) is 0 Å². The monoisotopic (exact) mass is 210 g/mol. The molecule has 0 aliphatic heterocycles. The lowest BCUT2D eigenvalue weighted by molar-refractivity contribution is -0.0480. The van der Waals surface area contributed by atoms with Gasteiger partial charge in [-0.2, -0.15) is 0 Å². The number of fused-ring (bicyclic) bond motifs is 2. The zero-order valence-corrected chi connectivity index (χ0v) is 9.83. The highest BCUT2D eigenvalue weighted by Crippen LogP contribution is 2.50. The van der Waals surface area contributed by atoms with E-state index in [1.165, 1.54) is 24.8 Å². The van der Waals surface area contributed by atoms with E-state index in [4.69, 9.17) is 4.74 Å². The lowest BCUT2D eigenvalue weighted by Crippen LogP contribution is -2.36. The van der Waals surface area contributed by atoms with Gasteiger partial charge in [-0.15, -0.1) is 0 Å². The van der Waals surface area contributed by atoms with Crippen molar-refractivity contribution in [3.05, 3.63) is 11.6 Å². The number of ether oxygens (including phenoxy) is 1. The second-order valence-corrected chi connectivity index (χ2v) is 4.93. The van der Waals surface area contributed by atoms with Gasteiger partial charge < -0.3 is 9.84 Å². The molecule has 0 aromatic heterocycles. The highest BCUT2D eigenvalue weighted by molar-refractivity contribution is 5.31. The summed E-state index contributed by atoms with van der Waals surface area (Å²) in [4.78, 5) is 0. The van der Waals surface area contributed by atoms with Gasteiger partial charge in [0.15, 0.2) is 0 Å². The first-order valence-corrected chi connectivity index (χ1v) is 6.18. The molecule has 2 heteroatoms. The minimum Gasteiger partial charge on any atom is -0.389 e. The normalized spacial score (nSPS) is 38.5. The van der Waals surface area contributed by atoms with Crippen LogP contribution in [0.1, 0.15) is 45.4 Å². The van der Waals surface area contributed by atoms with Crippen LogP contribution in [-0.2, 0) is 4.74 Å². The third-order valence-electron chi connectivity index (χ3n) is 4.08. The van der Waals surface area contributed by atoms with Crippen LogP contribution < -0.4 is 0 Å². The molecule has 2 aliphatic rings. The predicted octanol–water partition coefficient (Wildman–Crippen LogP) is 2.66. The molecule has 2 aliphatic carbocycles. The standard InChI is InChI=1S/C13H22O2/c1-3-4-5-6-10-9-13(15-2)8-7-11(10)12(13)14/h9,11-12,14H,3-8H2,1-2H3/t11-,12-,13-/m0/s1. The Kier molecular flexibility index (Phi) is 3.17. The Morgan fingerprint density at radius 2 is 2.33 bits per heavy atom. The van der Waals surface area contributed by atoms with Crippen LogP contribution in [-0.4, -0.2) is 23.9 Å². The molecule has 0 unspecified atom stereocenters. The number of hydrogen-bond donors (Lipinski definition) is 1. The van der Waals surface area contributed by atoms with E-state index in [1.807, 2.05) is 0 Å². The Labute approximate surface area is 92.3 Å². The van der Waals surface area contributed by atoms with E-state index in [-0.39, 0.29) is 11.7 Å². The maximum Gasteiger partial charge on any atom is 0.112 e. The molecule has 1 fully saturated rings. The molecule has 1 N–H and O–H groups in total. The zero-order chi connectivity index (χ0) is 10.9. The average molecular weight is 210 g/mol.